The lowest BCUT2D eigenvalue weighted by Crippen LogP contribution is -2.08. The largest absolute Gasteiger partial charge is 0.495 e. The molecule has 1 heterocycles. The maximum Gasteiger partial charge on any atom is 0.336 e. The Balaban J connectivity index is 1.52. The number of anilines is 1. The number of aromatic carboxylic acids is 1. The van der Waals surface area contributed by atoms with Gasteiger partial charge < -0.3 is 15.2 Å². The third kappa shape index (κ3) is 4.89. The van der Waals surface area contributed by atoms with Crippen molar-refractivity contribution in [3.63, 3.8) is 0 Å². The molecule has 168 valence electrons. The number of hydrogen-bond donors (Lipinski definition) is 2. The van der Waals surface area contributed by atoms with Gasteiger partial charge >= 0.3 is 5.97 Å². The van der Waals surface area contributed by atoms with Crippen molar-refractivity contribution in [1.82, 2.24) is 9.97 Å². The van der Waals surface area contributed by atoms with Crippen molar-refractivity contribution in [1.29, 1.82) is 0 Å². The van der Waals surface area contributed by atoms with Crippen molar-refractivity contribution in [3.05, 3.63) is 77.1 Å². The van der Waals surface area contributed by atoms with Gasteiger partial charge in [0.1, 0.15) is 17.9 Å². The molecule has 0 aliphatic rings. The molecule has 4 rings (SSSR count). The fourth-order valence-corrected chi connectivity index (χ4v) is 4.70. The number of carboxylic acids is 1. The molecule has 0 aliphatic carbocycles. The minimum atomic E-state index is -0.944. The average Bonchev–Trinajstić information content (AvgIpc) is 2.84. The van der Waals surface area contributed by atoms with E-state index in [1.165, 1.54) is 18.1 Å². The highest BCUT2D eigenvalue weighted by Gasteiger charge is 2.14. The molecule has 0 atom stereocenters. The summed E-state index contributed by atoms with van der Waals surface area (Å²) in [7, 11) is 1.63. The van der Waals surface area contributed by atoms with E-state index in [-0.39, 0.29) is 5.56 Å². The number of ether oxygens (including phenoxy) is 1. The highest BCUT2D eigenvalue weighted by Crippen LogP contribution is 2.36. The summed E-state index contributed by atoms with van der Waals surface area (Å²) in [6, 6.07) is 17.1. The Hall–Kier alpha value is -3.29. The molecule has 0 fully saturated rings. The van der Waals surface area contributed by atoms with Gasteiger partial charge in [-0.25, -0.2) is 14.8 Å². The Bertz CT molecular complexity index is 1330. The summed E-state index contributed by atoms with van der Waals surface area (Å²) in [4.78, 5) is 20.7. The van der Waals surface area contributed by atoms with E-state index in [0.29, 0.717) is 40.1 Å². The van der Waals surface area contributed by atoms with Gasteiger partial charge in [0.2, 0.25) is 0 Å². The lowest BCUT2D eigenvalue weighted by Gasteiger charge is -2.14. The van der Waals surface area contributed by atoms with Gasteiger partial charge in [0, 0.05) is 28.5 Å². The maximum atomic E-state index is 11.4. The summed E-state index contributed by atoms with van der Waals surface area (Å²) >= 11 is 7.97. The van der Waals surface area contributed by atoms with Crippen molar-refractivity contribution in [2.75, 3.05) is 25.2 Å². The molecule has 2 N–H and O–H groups in total. The fourth-order valence-electron chi connectivity index (χ4n) is 3.71. The first-order valence-electron chi connectivity index (χ1n) is 10.2. The van der Waals surface area contributed by atoms with Crippen LogP contribution in [-0.2, 0) is 6.42 Å². The van der Waals surface area contributed by atoms with E-state index < -0.39 is 5.97 Å². The Kier molecular flexibility index (Phi) is 7.01. The molecule has 0 bridgehead atoms. The van der Waals surface area contributed by atoms with E-state index in [0.717, 1.165) is 21.9 Å². The van der Waals surface area contributed by atoms with E-state index >= 15 is 0 Å². The van der Waals surface area contributed by atoms with Crippen LogP contribution in [0.4, 0.5) is 5.82 Å². The van der Waals surface area contributed by atoms with Crippen molar-refractivity contribution in [2.24, 2.45) is 0 Å². The van der Waals surface area contributed by atoms with E-state index in [9.17, 15) is 9.90 Å². The number of methoxy groups -OCH3 is 1. The number of benzene rings is 3. The lowest BCUT2D eigenvalue weighted by molar-refractivity contribution is 0.0693. The first-order valence-corrected chi connectivity index (χ1v) is 11.8. The Morgan fingerprint density at radius 2 is 1.97 bits per heavy atom. The second-order valence-corrected chi connectivity index (χ2v) is 8.52. The van der Waals surface area contributed by atoms with Crippen LogP contribution in [-0.4, -0.2) is 41.0 Å². The number of hydrogen-bond acceptors (Lipinski definition) is 6. The number of nitrogens with one attached hydrogen (secondary N) is 1. The van der Waals surface area contributed by atoms with Crippen LogP contribution in [0.25, 0.3) is 22.0 Å². The van der Waals surface area contributed by atoms with Crippen LogP contribution in [0.5, 0.6) is 5.75 Å². The second-order valence-electron chi connectivity index (χ2n) is 7.29. The molecular weight excluding hydrogens is 458 g/mol. The SMILES string of the molecule is COc1c(CCNc2cc(-c3ccc(C(=O)O)c(SC)c3)ncn2)cc2ccccc2c1Cl. The highest BCUT2D eigenvalue weighted by molar-refractivity contribution is 7.98. The first kappa shape index (κ1) is 22.9. The van der Waals surface area contributed by atoms with Crippen LogP contribution in [0.15, 0.2) is 65.8 Å². The highest BCUT2D eigenvalue weighted by atomic mass is 35.5. The minimum Gasteiger partial charge on any atom is -0.495 e. The zero-order valence-corrected chi connectivity index (χ0v) is 19.7. The van der Waals surface area contributed by atoms with E-state index in [1.54, 1.807) is 19.2 Å². The van der Waals surface area contributed by atoms with Crippen molar-refractivity contribution >= 4 is 45.9 Å². The summed E-state index contributed by atoms with van der Waals surface area (Å²) in [5.41, 5.74) is 2.84. The smallest absolute Gasteiger partial charge is 0.336 e. The average molecular weight is 480 g/mol. The normalized spacial score (nSPS) is 10.9. The van der Waals surface area contributed by atoms with E-state index in [1.807, 2.05) is 42.7 Å². The van der Waals surface area contributed by atoms with Crippen LogP contribution in [0.2, 0.25) is 5.02 Å². The lowest BCUT2D eigenvalue weighted by atomic mass is 10.0. The van der Waals surface area contributed by atoms with Gasteiger partial charge in [-0.05, 0) is 41.8 Å². The van der Waals surface area contributed by atoms with E-state index in [2.05, 4.69) is 21.4 Å². The molecule has 33 heavy (non-hydrogen) atoms. The molecule has 0 saturated heterocycles. The predicted molar refractivity (Wildman–Crippen MR) is 134 cm³/mol. The van der Waals surface area contributed by atoms with Crippen molar-refractivity contribution < 1.29 is 14.6 Å². The summed E-state index contributed by atoms with van der Waals surface area (Å²) in [5.74, 6) is 0.419. The number of thioether (sulfide) groups is 1. The molecule has 4 aromatic rings. The number of carboxylic acid groups (broad SMARTS) is 1. The fraction of sp³-hybridized carbons (Fsp3) is 0.160. The van der Waals surface area contributed by atoms with Gasteiger partial charge in [-0.2, -0.15) is 0 Å². The Morgan fingerprint density at radius 3 is 2.73 bits per heavy atom. The quantitative estimate of drug-likeness (QED) is 0.298. The number of rotatable bonds is 8. The second kappa shape index (κ2) is 10.1. The van der Waals surface area contributed by atoms with Crippen LogP contribution in [0.3, 0.4) is 0 Å². The van der Waals surface area contributed by atoms with Gasteiger partial charge in [0.25, 0.3) is 0 Å². The molecular formula is C25H22ClN3O3S. The van der Waals surface area contributed by atoms with Gasteiger partial charge in [0.05, 0.1) is 23.4 Å². The van der Waals surface area contributed by atoms with Crippen LogP contribution in [0.1, 0.15) is 15.9 Å². The zero-order valence-electron chi connectivity index (χ0n) is 18.1. The van der Waals surface area contributed by atoms with Crippen LogP contribution in [0, 0.1) is 0 Å². The maximum absolute atomic E-state index is 11.4. The molecule has 1 aromatic heterocycles. The topological polar surface area (TPSA) is 84.3 Å². The molecule has 0 radical (unpaired) electrons. The number of aromatic nitrogens is 2. The molecule has 3 aromatic carbocycles. The Labute approximate surface area is 201 Å². The standard InChI is InChI=1S/C25H22ClN3O3S/c1-32-24-17(11-15-5-3-4-6-18(15)23(24)26)9-10-27-22-13-20(28-14-29-22)16-7-8-19(25(30)31)21(12-16)33-2/h3-8,11-14H,9-10H2,1-2H3,(H,30,31)(H,27,28,29). The molecule has 0 aliphatic heterocycles. The number of carbonyl (C=O) groups is 1. The number of fused-ring (bicyclic) bond motifs is 1. The summed E-state index contributed by atoms with van der Waals surface area (Å²) in [5, 5.41) is 15.3. The molecule has 8 heteroatoms. The van der Waals surface area contributed by atoms with Crippen molar-refractivity contribution in [3.8, 4) is 17.0 Å². The van der Waals surface area contributed by atoms with Gasteiger partial charge in [-0.3, -0.25) is 0 Å². The number of nitrogens with zero attached hydrogens (tertiary/aromatic N) is 2. The van der Waals surface area contributed by atoms with Gasteiger partial charge in [-0.1, -0.05) is 41.9 Å². The van der Waals surface area contributed by atoms with Crippen LogP contribution < -0.4 is 10.1 Å². The van der Waals surface area contributed by atoms with Crippen molar-refractivity contribution in [2.45, 2.75) is 11.3 Å². The first-order chi connectivity index (χ1) is 16.0. The van der Waals surface area contributed by atoms with Gasteiger partial charge in [-0.15, -0.1) is 11.8 Å². The van der Waals surface area contributed by atoms with E-state index in [4.69, 9.17) is 16.3 Å². The molecule has 0 saturated carbocycles. The van der Waals surface area contributed by atoms with Gasteiger partial charge in [0.15, 0.2) is 0 Å². The summed E-state index contributed by atoms with van der Waals surface area (Å²) in [6.07, 6.45) is 4.04. The van der Waals surface area contributed by atoms with Crippen LogP contribution >= 0.6 is 23.4 Å². The zero-order chi connectivity index (χ0) is 23.4. The molecule has 0 amide bonds. The minimum absolute atomic E-state index is 0.279. The molecule has 0 spiro atoms. The molecule has 0 unspecified atom stereocenters. The predicted octanol–water partition coefficient (Wildman–Crippen LogP) is 6.03. The number of halogens is 1. The third-order valence-corrected chi connectivity index (χ3v) is 6.47. The summed E-state index contributed by atoms with van der Waals surface area (Å²) in [6.45, 7) is 0.621. The monoisotopic (exact) mass is 479 g/mol. The third-order valence-electron chi connectivity index (χ3n) is 5.32. The molecule has 6 nitrogen and oxygen atoms in total. The Morgan fingerprint density at radius 1 is 1.15 bits per heavy atom. The summed E-state index contributed by atoms with van der Waals surface area (Å²) < 4.78 is 5.58.